The first kappa shape index (κ1) is 17.4. The zero-order valence-corrected chi connectivity index (χ0v) is 15.3. The smallest absolute Gasteiger partial charge is 0.338 e. The molecule has 5 nitrogen and oxygen atoms in total. The highest BCUT2D eigenvalue weighted by molar-refractivity contribution is 7.98. The molecule has 2 aromatic rings. The molecular weight excluding hydrogens is 332 g/mol. The third-order valence-corrected chi connectivity index (χ3v) is 4.78. The van der Waals surface area contributed by atoms with Gasteiger partial charge in [0.2, 0.25) is 0 Å². The number of fused-ring (bicyclic) bond motifs is 1. The van der Waals surface area contributed by atoms with E-state index in [-0.39, 0.29) is 6.03 Å². The fourth-order valence-electron chi connectivity index (χ4n) is 2.71. The fourth-order valence-corrected chi connectivity index (χ4v) is 3.15. The lowest BCUT2D eigenvalue weighted by molar-refractivity contribution is 0.196. The van der Waals surface area contributed by atoms with Gasteiger partial charge in [-0.2, -0.15) is 5.10 Å². The van der Waals surface area contributed by atoms with Crippen LogP contribution in [0.2, 0.25) is 0 Å². The van der Waals surface area contributed by atoms with Gasteiger partial charge in [0.25, 0.3) is 0 Å². The highest BCUT2D eigenvalue weighted by Crippen LogP contribution is 2.27. The summed E-state index contributed by atoms with van der Waals surface area (Å²) in [5.74, 6) is 0. The molecule has 0 saturated carbocycles. The number of benzene rings is 2. The topological polar surface area (TPSA) is 70.7 Å². The number of nitrogens with zero attached hydrogens (tertiary/aromatic N) is 2. The lowest BCUT2D eigenvalue weighted by Gasteiger charge is -2.26. The average Bonchev–Trinajstić information content (AvgIpc) is 2.65. The molecule has 130 valence electrons. The molecule has 0 aliphatic carbocycles. The number of anilines is 1. The maximum absolute atomic E-state index is 12.4. The second kappa shape index (κ2) is 7.61. The van der Waals surface area contributed by atoms with Crippen LogP contribution in [0.1, 0.15) is 30.0 Å². The van der Waals surface area contributed by atoms with Crippen LogP contribution in [0.5, 0.6) is 0 Å². The van der Waals surface area contributed by atoms with Crippen molar-refractivity contribution in [1.82, 2.24) is 10.3 Å². The van der Waals surface area contributed by atoms with E-state index in [9.17, 15) is 4.79 Å². The third-order valence-electron chi connectivity index (χ3n) is 4.06. The summed E-state index contributed by atoms with van der Waals surface area (Å²) < 4.78 is 0. The number of hydrogen-bond acceptors (Lipinski definition) is 4. The van der Waals surface area contributed by atoms with Crippen molar-refractivity contribution in [3.05, 3.63) is 59.2 Å². The summed E-state index contributed by atoms with van der Waals surface area (Å²) in [6, 6.07) is 13.7. The van der Waals surface area contributed by atoms with Crippen molar-refractivity contribution in [2.45, 2.75) is 24.8 Å². The molecule has 1 aliphatic rings. The maximum atomic E-state index is 12.4. The number of hydrazone groups is 1. The van der Waals surface area contributed by atoms with Crippen LogP contribution in [0.4, 0.5) is 10.5 Å². The quantitative estimate of drug-likeness (QED) is 0.650. The number of nitrogens with two attached hydrogens (primary N) is 1. The highest BCUT2D eigenvalue weighted by Gasteiger charge is 2.24. The predicted octanol–water partition coefficient (Wildman–Crippen LogP) is 3.68. The molecule has 2 amide bonds. The highest BCUT2D eigenvalue weighted by atomic mass is 32.2. The van der Waals surface area contributed by atoms with Crippen molar-refractivity contribution in [3.8, 4) is 0 Å². The normalized spacial score (nSPS) is 13.2. The Labute approximate surface area is 152 Å². The molecule has 2 aromatic carbocycles. The lowest BCUT2D eigenvalue weighted by Crippen LogP contribution is -2.39. The maximum Gasteiger partial charge on any atom is 0.338 e. The molecule has 1 aliphatic heterocycles. The van der Waals surface area contributed by atoms with Gasteiger partial charge < -0.3 is 11.1 Å². The van der Waals surface area contributed by atoms with Gasteiger partial charge in [-0.3, -0.25) is 0 Å². The van der Waals surface area contributed by atoms with Gasteiger partial charge in [0.05, 0.1) is 12.3 Å². The van der Waals surface area contributed by atoms with Crippen LogP contribution in [-0.2, 0) is 6.54 Å². The van der Waals surface area contributed by atoms with Crippen molar-refractivity contribution in [3.63, 3.8) is 0 Å². The van der Waals surface area contributed by atoms with Crippen LogP contribution >= 0.6 is 11.8 Å². The molecule has 0 aromatic heterocycles. The first-order chi connectivity index (χ1) is 12.1. The molecule has 1 heterocycles. The van der Waals surface area contributed by atoms with Gasteiger partial charge >= 0.3 is 6.03 Å². The van der Waals surface area contributed by atoms with E-state index in [0.717, 1.165) is 28.8 Å². The number of carbonyl (C=O) groups excluding carboxylic acids is 1. The molecule has 0 atom stereocenters. The molecule has 6 heteroatoms. The fraction of sp³-hybridized carbons (Fsp3) is 0.263. The zero-order valence-electron chi connectivity index (χ0n) is 14.5. The van der Waals surface area contributed by atoms with Crippen molar-refractivity contribution in [2.24, 2.45) is 5.10 Å². The molecule has 0 radical (unpaired) electrons. The number of urea groups is 1. The van der Waals surface area contributed by atoms with Crippen LogP contribution in [-0.4, -0.2) is 29.6 Å². The van der Waals surface area contributed by atoms with Gasteiger partial charge in [0, 0.05) is 28.3 Å². The number of hydrogen-bond donors (Lipinski definition) is 2. The van der Waals surface area contributed by atoms with E-state index in [4.69, 9.17) is 5.73 Å². The Morgan fingerprint density at radius 2 is 2.04 bits per heavy atom. The molecule has 0 bridgehead atoms. The Morgan fingerprint density at radius 1 is 1.28 bits per heavy atom. The largest absolute Gasteiger partial charge is 0.399 e. The Morgan fingerprint density at radius 3 is 2.72 bits per heavy atom. The van der Waals surface area contributed by atoms with E-state index in [1.807, 2.05) is 31.2 Å². The Kier molecular flexibility index (Phi) is 5.28. The first-order valence-corrected chi connectivity index (χ1v) is 9.52. The Hall–Kier alpha value is -2.47. The van der Waals surface area contributed by atoms with Gasteiger partial charge in [0.1, 0.15) is 0 Å². The Balaban J connectivity index is 2.03. The van der Waals surface area contributed by atoms with Crippen molar-refractivity contribution < 1.29 is 4.79 Å². The minimum Gasteiger partial charge on any atom is -0.399 e. The van der Waals surface area contributed by atoms with E-state index in [0.29, 0.717) is 18.8 Å². The predicted molar refractivity (Wildman–Crippen MR) is 104 cm³/mol. The van der Waals surface area contributed by atoms with E-state index < -0.39 is 0 Å². The molecule has 3 N–H and O–H groups in total. The van der Waals surface area contributed by atoms with Crippen LogP contribution in [0.15, 0.2) is 52.5 Å². The third kappa shape index (κ3) is 3.79. The minimum absolute atomic E-state index is 0.172. The number of carbonyl (C=O) groups is 1. The first-order valence-electron chi connectivity index (χ1n) is 8.29. The molecule has 0 saturated heterocycles. The van der Waals surface area contributed by atoms with Gasteiger partial charge in [-0.1, -0.05) is 25.1 Å². The van der Waals surface area contributed by atoms with E-state index >= 15 is 0 Å². The van der Waals surface area contributed by atoms with Gasteiger partial charge in [-0.25, -0.2) is 9.80 Å². The van der Waals surface area contributed by atoms with Gasteiger partial charge in [-0.15, -0.1) is 11.8 Å². The summed E-state index contributed by atoms with van der Waals surface area (Å²) >= 11 is 1.69. The van der Waals surface area contributed by atoms with E-state index in [2.05, 4.69) is 34.9 Å². The van der Waals surface area contributed by atoms with Crippen molar-refractivity contribution in [2.75, 3.05) is 18.5 Å². The molecule has 0 spiro atoms. The summed E-state index contributed by atoms with van der Waals surface area (Å²) in [5, 5.41) is 9.03. The number of nitrogens with one attached hydrogen (secondary N) is 1. The summed E-state index contributed by atoms with van der Waals surface area (Å²) in [6.45, 7) is 3.14. The van der Waals surface area contributed by atoms with E-state index in [1.54, 1.807) is 11.8 Å². The molecule has 0 fully saturated rings. The zero-order chi connectivity index (χ0) is 17.8. The number of nitrogen functional groups attached to an aromatic ring is 1. The summed E-state index contributed by atoms with van der Waals surface area (Å²) in [4.78, 5) is 13.6. The van der Waals surface area contributed by atoms with E-state index in [1.165, 1.54) is 9.90 Å². The van der Waals surface area contributed by atoms with Crippen LogP contribution in [0.25, 0.3) is 0 Å². The molecular formula is C19H22N4OS. The van der Waals surface area contributed by atoms with Gasteiger partial charge in [-0.05, 0) is 42.5 Å². The SMILES string of the molecule is CCCNC(=O)N1Cc2ccc(SC)cc2C(c2ccc(N)cc2)=N1. The lowest BCUT2D eigenvalue weighted by atomic mass is 9.96. The monoisotopic (exact) mass is 354 g/mol. The van der Waals surface area contributed by atoms with Crippen molar-refractivity contribution in [1.29, 1.82) is 0 Å². The molecule has 3 rings (SSSR count). The summed E-state index contributed by atoms with van der Waals surface area (Å²) in [7, 11) is 0. The standard InChI is InChI=1S/C19H22N4OS/c1-3-10-21-19(24)23-12-14-6-9-16(25-2)11-17(14)18(22-23)13-4-7-15(20)8-5-13/h4-9,11H,3,10,12,20H2,1-2H3,(H,21,24). The number of thioether (sulfide) groups is 1. The summed E-state index contributed by atoms with van der Waals surface area (Å²) in [5.41, 5.74) is 10.4. The Bertz CT molecular complexity index is 802. The molecule has 25 heavy (non-hydrogen) atoms. The van der Waals surface area contributed by atoms with Crippen LogP contribution in [0, 0.1) is 0 Å². The number of rotatable bonds is 4. The minimum atomic E-state index is -0.172. The molecule has 0 unspecified atom stereocenters. The summed E-state index contributed by atoms with van der Waals surface area (Å²) in [6.07, 6.45) is 2.94. The number of amides is 2. The second-order valence-corrected chi connectivity index (χ2v) is 6.76. The van der Waals surface area contributed by atoms with Gasteiger partial charge in [0.15, 0.2) is 0 Å². The van der Waals surface area contributed by atoms with Crippen molar-refractivity contribution >= 4 is 29.2 Å². The van der Waals surface area contributed by atoms with Crippen LogP contribution < -0.4 is 11.1 Å². The van der Waals surface area contributed by atoms with Crippen LogP contribution in [0.3, 0.4) is 0 Å². The second-order valence-electron chi connectivity index (χ2n) is 5.88. The average molecular weight is 354 g/mol.